The molecule has 0 atom stereocenters. The molecule has 6 nitrogen and oxygen atoms in total. The van der Waals surface area contributed by atoms with Crippen molar-refractivity contribution >= 4 is 5.96 Å². The fraction of sp³-hybridized carbons (Fsp3) is 0.696. The number of nitrogens with zero attached hydrogens (tertiary/aromatic N) is 3. The number of guanidine groups is 1. The molecule has 0 amide bonds. The van der Waals surface area contributed by atoms with Crippen LogP contribution in [0.15, 0.2) is 29.3 Å². The molecule has 1 fully saturated rings. The number of hydrogen-bond acceptors (Lipinski definition) is 4. The van der Waals surface area contributed by atoms with Crippen molar-refractivity contribution in [3.05, 3.63) is 35.4 Å². The third-order valence-corrected chi connectivity index (χ3v) is 5.33. The van der Waals surface area contributed by atoms with Gasteiger partial charge in [0, 0.05) is 33.3 Å². The highest BCUT2D eigenvalue weighted by molar-refractivity contribution is 5.79. The van der Waals surface area contributed by atoms with Crippen LogP contribution in [0.5, 0.6) is 0 Å². The highest BCUT2D eigenvalue weighted by Crippen LogP contribution is 2.14. The molecule has 6 heteroatoms. The van der Waals surface area contributed by atoms with Gasteiger partial charge in [-0.25, -0.2) is 4.99 Å². The normalized spacial score (nSPS) is 15.7. The Morgan fingerprint density at radius 3 is 2.48 bits per heavy atom. The van der Waals surface area contributed by atoms with E-state index in [1.165, 1.54) is 43.5 Å². The van der Waals surface area contributed by atoms with E-state index in [4.69, 9.17) is 9.73 Å². The molecule has 0 saturated carbocycles. The zero-order valence-corrected chi connectivity index (χ0v) is 18.8. The lowest BCUT2D eigenvalue weighted by Gasteiger charge is -2.26. The van der Waals surface area contributed by atoms with E-state index in [-0.39, 0.29) is 0 Å². The first-order valence-electron chi connectivity index (χ1n) is 11.2. The van der Waals surface area contributed by atoms with Crippen molar-refractivity contribution in [2.24, 2.45) is 4.99 Å². The summed E-state index contributed by atoms with van der Waals surface area (Å²) < 4.78 is 5.12. The maximum atomic E-state index is 5.12. The standard InChI is InChI=1S/C23H41N5O/c1-4-24-23(25-13-8-14-27(2)17-18-29-3)26-19-21-9-11-22(12-10-21)20-28-15-6-5-7-16-28/h9-12H,4-8,13-20H2,1-3H3,(H2,24,25,26). The van der Waals surface area contributed by atoms with Gasteiger partial charge in [-0.1, -0.05) is 30.7 Å². The van der Waals surface area contributed by atoms with Crippen molar-refractivity contribution in [1.29, 1.82) is 0 Å². The second kappa shape index (κ2) is 14.4. The Kier molecular flexibility index (Phi) is 11.7. The average molecular weight is 404 g/mol. The number of hydrogen-bond donors (Lipinski definition) is 2. The van der Waals surface area contributed by atoms with Crippen LogP contribution >= 0.6 is 0 Å². The van der Waals surface area contributed by atoms with Crippen molar-refractivity contribution in [2.45, 2.75) is 45.7 Å². The van der Waals surface area contributed by atoms with E-state index in [0.29, 0.717) is 6.54 Å². The summed E-state index contributed by atoms with van der Waals surface area (Å²) in [6.45, 7) is 11.0. The average Bonchev–Trinajstić information content (AvgIpc) is 2.75. The van der Waals surface area contributed by atoms with E-state index >= 15 is 0 Å². The summed E-state index contributed by atoms with van der Waals surface area (Å²) in [6.07, 6.45) is 5.16. The van der Waals surface area contributed by atoms with Crippen LogP contribution in [0.25, 0.3) is 0 Å². The molecule has 1 aromatic rings. The SMILES string of the molecule is CCNC(=NCc1ccc(CN2CCCCC2)cc1)NCCCN(C)CCOC. The summed E-state index contributed by atoms with van der Waals surface area (Å²) in [5.74, 6) is 0.893. The second-order valence-corrected chi connectivity index (χ2v) is 7.92. The number of rotatable bonds is 12. The Bertz CT molecular complexity index is 569. The van der Waals surface area contributed by atoms with Crippen LogP contribution < -0.4 is 10.6 Å². The number of piperidine rings is 1. The number of likely N-dealkylation sites (tertiary alicyclic amines) is 1. The predicted molar refractivity (Wildman–Crippen MR) is 122 cm³/mol. The number of likely N-dealkylation sites (N-methyl/N-ethyl adjacent to an activating group) is 1. The van der Waals surface area contributed by atoms with Gasteiger partial charge in [0.25, 0.3) is 0 Å². The maximum Gasteiger partial charge on any atom is 0.191 e. The van der Waals surface area contributed by atoms with Gasteiger partial charge in [-0.05, 0) is 64.0 Å². The van der Waals surface area contributed by atoms with Gasteiger partial charge >= 0.3 is 0 Å². The van der Waals surface area contributed by atoms with E-state index < -0.39 is 0 Å². The molecular formula is C23H41N5O. The highest BCUT2D eigenvalue weighted by atomic mass is 16.5. The molecule has 0 bridgehead atoms. The Balaban J connectivity index is 1.73. The fourth-order valence-corrected chi connectivity index (χ4v) is 3.55. The van der Waals surface area contributed by atoms with E-state index in [1.54, 1.807) is 7.11 Å². The predicted octanol–water partition coefficient (Wildman–Crippen LogP) is 2.70. The van der Waals surface area contributed by atoms with Gasteiger partial charge < -0.3 is 20.3 Å². The van der Waals surface area contributed by atoms with Crippen LogP contribution in [0.1, 0.15) is 43.7 Å². The Hall–Kier alpha value is -1.63. The molecular weight excluding hydrogens is 362 g/mol. The van der Waals surface area contributed by atoms with Gasteiger partial charge in [-0.3, -0.25) is 4.90 Å². The first-order valence-corrected chi connectivity index (χ1v) is 11.2. The van der Waals surface area contributed by atoms with Crippen LogP contribution in [0, 0.1) is 0 Å². The monoisotopic (exact) mass is 403 g/mol. The molecule has 164 valence electrons. The molecule has 0 aliphatic carbocycles. The third-order valence-electron chi connectivity index (χ3n) is 5.33. The number of ether oxygens (including phenoxy) is 1. The van der Waals surface area contributed by atoms with Gasteiger partial charge in [0.15, 0.2) is 5.96 Å². The summed E-state index contributed by atoms with van der Waals surface area (Å²) in [7, 11) is 3.88. The molecule has 0 unspecified atom stereocenters. The van der Waals surface area contributed by atoms with Gasteiger partial charge in [0.2, 0.25) is 0 Å². The van der Waals surface area contributed by atoms with Crippen LogP contribution in [0.3, 0.4) is 0 Å². The molecule has 0 aromatic heterocycles. The lowest BCUT2D eigenvalue weighted by molar-refractivity contribution is 0.161. The molecule has 0 spiro atoms. The van der Waals surface area contributed by atoms with E-state index in [1.807, 2.05) is 0 Å². The largest absolute Gasteiger partial charge is 0.383 e. The van der Waals surface area contributed by atoms with Crippen LogP contribution in [-0.2, 0) is 17.8 Å². The molecule has 1 aliphatic heterocycles. The van der Waals surface area contributed by atoms with Gasteiger partial charge in [0.05, 0.1) is 13.2 Å². The summed E-state index contributed by atoms with van der Waals surface area (Å²) in [5.41, 5.74) is 2.66. The maximum absolute atomic E-state index is 5.12. The minimum Gasteiger partial charge on any atom is -0.383 e. The minimum atomic E-state index is 0.701. The number of benzene rings is 1. The number of aliphatic imine (C=N–C) groups is 1. The van der Waals surface area contributed by atoms with Gasteiger partial charge in [-0.2, -0.15) is 0 Å². The third kappa shape index (κ3) is 10.1. The molecule has 2 N–H and O–H groups in total. The van der Waals surface area contributed by atoms with E-state index in [2.05, 4.69) is 58.7 Å². The molecule has 1 saturated heterocycles. The summed E-state index contributed by atoms with van der Waals surface area (Å²) in [5, 5.41) is 6.78. The fourth-order valence-electron chi connectivity index (χ4n) is 3.55. The Morgan fingerprint density at radius 1 is 1.07 bits per heavy atom. The van der Waals surface area contributed by atoms with Crippen molar-refractivity contribution in [2.75, 3.05) is 60.0 Å². The lowest BCUT2D eigenvalue weighted by Crippen LogP contribution is -2.38. The molecule has 1 aliphatic rings. The highest BCUT2D eigenvalue weighted by Gasteiger charge is 2.10. The number of methoxy groups -OCH3 is 1. The molecule has 2 rings (SSSR count). The van der Waals surface area contributed by atoms with Crippen LogP contribution in [-0.4, -0.2) is 75.8 Å². The van der Waals surface area contributed by atoms with Crippen molar-refractivity contribution in [3.8, 4) is 0 Å². The quantitative estimate of drug-likeness (QED) is 0.319. The lowest BCUT2D eigenvalue weighted by atomic mass is 10.1. The van der Waals surface area contributed by atoms with Gasteiger partial charge in [-0.15, -0.1) is 0 Å². The zero-order chi connectivity index (χ0) is 20.7. The van der Waals surface area contributed by atoms with Crippen LogP contribution in [0.2, 0.25) is 0 Å². The van der Waals surface area contributed by atoms with Crippen molar-refractivity contribution in [3.63, 3.8) is 0 Å². The summed E-state index contributed by atoms with van der Waals surface area (Å²) >= 11 is 0. The summed E-state index contributed by atoms with van der Waals surface area (Å²) in [4.78, 5) is 9.60. The van der Waals surface area contributed by atoms with Crippen molar-refractivity contribution < 1.29 is 4.74 Å². The van der Waals surface area contributed by atoms with Crippen LogP contribution in [0.4, 0.5) is 0 Å². The topological polar surface area (TPSA) is 52.1 Å². The van der Waals surface area contributed by atoms with Gasteiger partial charge in [0.1, 0.15) is 0 Å². The van der Waals surface area contributed by atoms with E-state index in [9.17, 15) is 0 Å². The molecule has 29 heavy (non-hydrogen) atoms. The Labute approximate surface area is 177 Å². The van der Waals surface area contributed by atoms with E-state index in [0.717, 1.165) is 51.7 Å². The first kappa shape index (κ1) is 23.6. The van der Waals surface area contributed by atoms with Crippen molar-refractivity contribution in [1.82, 2.24) is 20.4 Å². The smallest absolute Gasteiger partial charge is 0.191 e. The molecule has 1 aromatic carbocycles. The summed E-state index contributed by atoms with van der Waals surface area (Å²) in [6, 6.07) is 8.96. The second-order valence-electron chi connectivity index (χ2n) is 7.92. The Morgan fingerprint density at radius 2 is 1.79 bits per heavy atom. The first-order chi connectivity index (χ1) is 14.2. The minimum absolute atomic E-state index is 0.701. The molecule has 1 heterocycles. The number of nitrogens with one attached hydrogen (secondary N) is 2. The molecule has 0 radical (unpaired) electrons. The zero-order valence-electron chi connectivity index (χ0n) is 18.8.